The SMILES string of the molecule is C=C(C)c1c(S)ccc2oc3ncnc(-c4cc(C(C)(C)C)c5sccc5c4)c3c12. The predicted molar refractivity (Wildman–Crippen MR) is 131 cm³/mol. The molecule has 0 aliphatic heterocycles. The topological polar surface area (TPSA) is 38.9 Å². The fraction of sp³-hybridized carbons (Fsp3) is 0.200. The van der Waals surface area contributed by atoms with E-state index in [0.717, 1.165) is 43.6 Å². The second-order valence-electron chi connectivity index (χ2n) is 8.73. The molecule has 5 heteroatoms. The van der Waals surface area contributed by atoms with Crippen LogP contribution in [0.2, 0.25) is 0 Å². The summed E-state index contributed by atoms with van der Waals surface area (Å²) < 4.78 is 7.43. The lowest BCUT2D eigenvalue weighted by Gasteiger charge is -2.21. The van der Waals surface area contributed by atoms with Crippen LogP contribution in [0.15, 0.2) is 57.9 Å². The van der Waals surface area contributed by atoms with E-state index in [1.807, 2.05) is 19.1 Å². The third kappa shape index (κ3) is 2.88. The molecule has 3 heterocycles. The number of thiophene rings is 1. The molecule has 0 atom stereocenters. The molecule has 0 fully saturated rings. The molecular formula is C25H22N2OS2. The summed E-state index contributed by atoms with van der Waals surface area (Å²) >= 11 is 6.48. The first kappa shape index (κ1) is 19.3. The van der Waals surface area contributed by atoms with Crippen molar-refractivity contribution in [1.82, 2.24) is 9.97 Å². The maximum Gasteiger partial charge on any atom is 0.231 e. The molecule has 0 spiro atoms. The highest BCUT2D eigenvalue weighted by Gasteiger charge is 2.23. The molecule has 0 aliphatic carbocycles. The molecule has 0 unspecified atom stereocenters. The molecule has 0 radical (unpaired) electrons. The molecule has 5 rings (SSSR count). The summed E-state index contributed by atoms with van der Waals surface area (Å²) in [4.78, 5) is 10.0. The summed E-state index contributed by atoms with van der Waals surface area (Å²) in [7, 11) is 0. The summed E-state index contributed by atoms with van der Waals surface area (Å²) in [5.41, 5.74) is 6.56. The van der Waals surface area contributed by atoms with Crippen LogP contribution in [0, 0.1) is 0 Å². The normalized spacial score (nSPS) is 12.3. The molecular weight excluding hydrogens is 408 g/mol. The van der Waals surface area contributed by atoms with Crippen LogP contribution in [-0.4, -0.2) is 9.97 Å². The van der Waals surface area contributed by atoms with E-state index in [4.69, 9.17) is 9.40 Å². The number of thiol groups is 1. The van der Waals surface area contributed by atoms with Crippen molar-refractivity contribution in [2.45, 2.75) is 38.0 Å². The largest absolute Gasteiger partial charge is 0.438 e. The van der Waals surface area contributed by atoms with Crippen molar-refractivity contribution >= 4 is 61.7 Å². The quantitative estimate of drug-likeness (QED) is 0.290. The van der Waals surface area contributed by atoms with Gasteiger partial charge < -0.3 is 4.42 Å². The number of furan rings is 1. The average Bonchev–Trinajstić information content (AvgIpc) is 3.29. The smallest absolute Gasteiger partial charge is 0.231 e. The van der Waals surface area contributed by atoms with Crippen LogP contribution >= 0.6 is 24.0 Å². The first-order valence-corrected chi connectivity index (χ1v) is 11.2. The van der Waals surface area contributed by atoms with Crippen LogP contribution in [0.1, 0.15) is 38.8 Å². The number of nitrogens with zero attached hydrogens (tertiary/aromatic N) is 2. The molecule has 0 aliphatic rings. The highest BCUT2D eigenvalue weighted by atomic mass is 32.1. The van der Waals surface area contributed by atoms with Gasteiger partial charge in [-0.15, -0.1) is 24.0 Å². The highest BCUT2D eigenvalue weighted by Crippen LogP contribution is 2.42. The van der Waals surface area contributed by atoms with Crippen molar-refractivity contribution in [3.63, 3.8) is 0 Å². The third-order valence-corrected chi connectivity index (χ3v) is 6.81. The summed E-state index contributed by atoms with van der Waals surface area (Å²) in [6, 6.07) is 10.5. The molecule has 0 amide bonds. The van der Waals surface area contributed by atoms with E-state index in [2.05, 4.69) is 68.5 Å². The Balaban J connectivity index is 1.93. The average molecular weight is 431 g/mol. The van der Waals surface area contributed by atoms with Gasteiger partial charge in [0.2, 0.25) is 5.71 Å². The van der Waals surface area contributed by atoms with Gasteiger partial charge in [-0.2, -0.15) is 0 Å². The molecule has 30 heavy (non-hydrogen) atoms. The molecule has 0 N–H and O–H groups in total. The van der Waals surface area contributed by atoms with E-state index in [1.54, 1.807) is 17.7 Å². The lowest BCUT2D eigenvalue weighted by molar-refractivity contribution is 0.597. The van der Waals surface area contributed by atoms with E-state index < -0.39 is 0 Å². The summed E-state index contributed by atoms with van der Waals surface area (Å²) in [5, 5.41) is 5.27. The maximum atomic E-state index is 6.11. The molecule has 3 aromatic heterocycles. The second-order valence-corrected chi connectivity index (χ2v) is 10.1. The van der Waals surface area contributed by atoms with Crippen molar-refractivity contribution in [2.24, 2.45) is 0 Å². The van der Waals surface area contributed by atoms with Gasteiger partial charge >= 0.3 is 0 Å². The molecule has 0 saturated carbocycles. The molecule has 0 saturated heterocycles. The molecule has 2 aromatic carbocycles. The Hall–Kier alpha value is -2.63. The van der Waals surface area contributed by atoms with Gasteiger partial charge in [-0.1, -0.05) is 27.4 Å². The van der Waals surface area contributed by atoms with E-state index in [9.17, 15) is 0 Å². The van der Waals surface area contributed by atoms with Crippen molar-refractivity contribution in [2.75, 3.05) is 0 Å². The number of allylic oxidation sites excluding steroid dienone is 1. The minimum atomic E-state index is 0.0187. The van der Waals surface area contributed by atoms with Crippen molar-refractivity contribution in [3.05, 3.63) is 59.7 Å². The van der Waals surface area contributed by atoms with Crippen molar-refractivity contribution in [3.8, 4) is 11.3 Å². The van der Waals surface area contributed by atoms with Crippen LogP contribution < -0.4 is 0 Å². The number of rotatable bonds is 2. The highest BCUT2D eigenvalue weighted by molar-refractivity contribution is 7.80. The molecule has 150 valence electrons. The zero-order chi connectivity index (χ0) is 21.2. The zero-order valence-corrected chi connectivity index (χ0v) is 19.1. The number of aromatic nitrogens is 2. The lowest BCUT2D eigenvalue weighted by Crippen LogP contribution is -2.11. The Kier molecular flexibility index (Phi) is 4.31. The standard InChI is InChI=1S/C25H22N2OS2/c1-13(2)19-18(29)7-6-17-20(19)21-22(26-12-27-24(21)28-17)15-10-14-8-9-30-23(14)16(11-15)25(3,4)5/h6-12,29H,1H2,2-5H3. The fourth-order valence-electron chi connectivity index (χ4n) is 4.11. The van der Waals surface area contributed by atoms with Crippen LogP contribution in [0.5, 0.6) is 0 Å². The van der Waals surface area contributed by atoms with Gasteiger partial charge in [0.15, 0.2) is 0 Å². The van der Waals surface area contributed by atoms with Gasteiger partial charge in [0, 0.05) is 26.1 Å². The predicted octanol–water partition coefficient (Wildman–Crippen LogP) is 7.88. The monoisotopic (exact) mass is 430 g/mol. The van der Waals surface area contributed by atoms with Gasteiger partial charge in [-0.25, -0.2) is 9.97 Å². The van der Waals surface area contributed by atoms with Gasteiger partial charge in [-0.3, -0.25) is 0 Å². The Labute approximate surface area is 184 Å². The summed E-state index contributed by atoms with van der Waals surface area (Å²) in [6.45, 7) is 12.9. The minimum absolute atomic E-state index is 0.0187. The first-order chi connectivity index (χ1) is 14.3. The Morgan fingerprint density at radius 3 is 2.63 bits per heavy atom. The van der Waals surface area contributed by atoms with Crippen molar-refractivity contribution in [1.29, 1.82) is 0 Å². The number of hydrogen-bond acceptors (Lipinski definition) is 5. The zero-order valence-electron chi connectivity index (χ0n) is 17.4. The van der Waals surface area contributed by atoms with E-state index in [1.165, 1.54) is 15.6 Å². The number of benzene rings is 2. The van der Waals surface area contributed by atoms with E-state index >= 15 is 0 Å². The maximum absolute atomic E-state index is 6.11. The third-order valence-electron chi connectivity index (χ3n) is 5.47. The van der Waals surface area contributed by atoms with Crippen LogP contribution in [0.4, 0.5) is 0 Å². The minimum Gasteiger partial charge on any atom is -0.438 e. The molecule has 0 bridgehead atoms. The molecule has 3 nitrogen and oxygen atoms in total. The first-order valence-electron chi connectivity index (χ1n) is 9.83. The van der Waals surface area contributed by atoms with Crippen molar-refractivity contribution < 1.29 is 4.42 Å². The molecule has 5 aromatic rings. The van der Waals surface area contributed by atoms with Gasteiger partial charge in [0.05, 0.1) is 11.1 Å². The fourth-order valence-corrected chi connectivity index (χ4v) is 5.59. The van der Waals surface area contributed by atoms with Crippen LogP contribution in [0.25, 0.3) is 49.0 Å². The van der Waals surface area contributed by atoms with Crippen LogP contribution in [-0.2, 0) is 5.41 Å². The van der Waals surface area contributed by atoms with Gasteiger partial charge in [0.1, 0.15) is 11.9 Å². The van der Waals surface area contributed by atoms with E-state index in [0.29, 0.717) is 5.71 Å². The number of fused-ring (bicyclic) bond motifs is 4. The summed E-state index contributed by atoms with van der Waals surface area (Å²) in [6.07, 6.45) is 1.58. The lowest BCUT2D eigenvalue weighted by atomic mass is 9.84. The van der Waals surface area contributed by atoms with Gasteiger partial charge in [0.25, 0.3) is 0 Å². The Morgan fingerprint density at radius 2 is 1.90 bits per heavy atom. The Morgan fingerprint density at radius 1 is 1.10 bits per heavy atom. The Bertz CT molecular complexity index is 1470. The summed E-state index contributed by atoms with van der Waals surface area (Å²) in [5.74, 6) is 0. The van der Waals surface area contributed by atoms with Gasteiger partial charge in [-0.05, 0) is 64.6 Å². The number of hydrogen-bond donors (Lipinski definition) is 1. The van der Waals surface area contributed by atoms with E-state index in [-0.39, 0.29) is 5.41 Å². The van der Waals surface area contributed by atoms with Crippen LogP contribution in [0.3, 0.4) is 0 Å². The second kappa shape index (κ2) is 6.69.